The number of amides is 3. The molecular formula is C24H32FN3O3S. The predicted molar refractivity (Wildman–Crippen MR) is 125 cm³/mol. The minimum absolute atomic E-state index is 0.0144. The molecule has 2 aromatic rings. The number of hydrogen-bond donors (Lipinski definition) is 1. The Morgan fingerprint density at radius 2 is 2.16 bits per heavy atom. The molecule has 0 radical (unpaired) electrons. The minimum Gasteiger partial charge on any atom is -0.491 e. The maximum atomic E-state index is 13.6. The number of benzene rings is 1. The van der Waals surface area contributed by atoms with E-state index >= 15 is 0 Å². The van der Waals surface area contributed by atoms with E-state index in [4.69, 9.17) is 4.74 Å². The Kier molecular flexibility index (Phi) is 8.50. The summed E-state index contributed by atoms with van der Waals surface area (Å²) in [6.45, 7) is 7.33. The average molecular weight is 462 g/mol. The largest absolute Gasteiger partial charge is 0.491 e. The first-order valence-corrected chi connectivity index (χ1v) is 12.1. The van der Waals surface area contributed by atoms with Crippen LogP contribution in [0.4, 0.5) is 9.18 Å². The van der Waals surface area contributed by atoms with Gasteiger partial charge in [0.1, 0.15) is 24.7 Å². The van der Waals surface area contributed by atoms with Crippen molar-refractivity contribution in [2.45, 2.75) is 52.1 Å². The Balaban J connectivity index is 1.76. The summed E-state index contributed by atoms with van der Waals surface area (Å²) in [4.78, 5) is 30.8. The van der Waals surface area contributed by atoms with Crippen molar-refractivity contribution in [3.05, 3.63) is 52.0 Å². The molecule has 8 heteroatoms. The maximum Gasteiger partial charge on any atom is 0.318 e. The fourth-order valence-corrected chi connectivity index (χ4v) is 4.75. The smallest absolute Gasteiger partial charge is 0.318 e. The molecule has 0 unspecified atom stereocenters. The number of halogens is 1. The zero-order valence-electron chi connectivity index (χ0n) is 19.0. The van der Waals surface area contributed by atoms with Gasteiger partial charge in [-0.2, -0.15) is 0 Å². The predicted octanol–water partition coefficient (Wildman–Crippen LogP) is 4.61. The molecule has 1 aliphatic heterocycles. The molecule has 174 valence electrons. The molecule has 0 saturated carbocycles. The Labute approximate surface area is 193 Å². The molecule has 1 N–H and O–H groups in total. The number of nitrogens with one attached hydrogen (secondary N) is 1. The summed E-state index contributed by atoms with van der Waals surface area (Å²) in [5.74, 6) is -0.0425. The first kappa shape index (κ1) is 24.0. The standard InChI is InChI=1S/C24H32FN3O3S/c1-4-11-26-24(30)28(17(3)5-2)15-23(29)27-12-9-22-20(10-13-32-22)21(27)16-31-19-8-6-7-18(25)14-19/h6-8,10,13-14,17,21H,4-5,9,11-12,15-16H2,1-3H3,(H,26,30)/t17-,21-/m0/s1. The molecule has 0 saturated heterocycles. The summed E-state index contributed by atoms with van der Waals surface area (Å²) in [7, 11) is 0. The average Bonchev–Trinajstić information content (AvgIpc) is 3.28. The topological polar surface area (TPSA) is 61.9 Å². The molecule has 0 aliphatic carbocycles. The van der Waals surface area contributed by atoms with Crippen LogP contribution in [0.5, 0.6) is 5.75 Å². The van der Waals surface area contributed by atoms with Crippen molar-refractivity contribution in [3.8, 4) is 5.75 Å². The second-order valence-corrected chi connectivity index (χ2v) is 9.04. The Bertz CT molecular complexity index is 919. The van der Waals surface area contributed by atoms with Crippen LogP contribution in [-0.4, -0.2) is 54.0 Å². The Hall–Kier alpha value is -2.61. The van der Waals surface area contributed by atoms with E-state index in [2.05, 4.69) is 5.32 Å². The highest BCUT2D eigenvalue weighted by Gasteiger charge is 2.34. The molecule has 3 rings (SSSR count). The summed E-state index contributed by atoms with van der Waals surface area (Å²) in [6.07, 6.45) is 2.37. The summed E-state index contributed by atoms with van der Waals surface area (Å²) < 4.78 is 19.4. The lowest BCUT2D eigenvalue weighted by atomic mass is 10.00. The van der Waals surface area contributed by atoms with Gasteiger partial charge in [0.15, 0.2) is 0 Å². The van der Waals surface area contributed by atoms with Crippen molar-refractivity contribution in [2.75, 3.05) is 26.2 Å². The van der Waals surface area contributed by atoms with Crippen molar-refractivity contribution in [1.29, 1.82) is 0 Å². The van der Waals surface area contributed by atoms with E-state index in [0.717, 1.165) is 24.8 Å². The van der Waals surface area contributed by atoms with Gasteiger partial charge in [-0.3, -0.25) is 4.79 Å². The number of nitrogens with zero attached hydrogens (tertiary/aromatic N) is 2. The molecule has 1 aromatic heterocycles. The third-order valence-corrected chi connectivity index (χ3v) is 6.83. The number of thiophene rings is 1. The van der Waals surface area contributed by atoms with Crippen molar-refractivity contribution < 1.29 is 18.7 Å². The fourth-order valence-electron chi connectivity index (χ4n) is 3.82. The Morgan fingerprint density at radius 1 is 1.34 bits per heavy atom. The van der Waals surface area contributed by atoms with Gasteiger partial charge in [0, 0.05) is 30.1 Å². The summed E-state index contributed by atoms with van der Waals surface area (Å²) in [5.41, 5.74) is 1.07. The Morgan fingerprint density at radius 3 is 2.88 bits per heavy atom. The van der Waals surface area contributed by atoms with Gasteiger partial charge in [-0.1, -0.05) is 19.9 Å². The number of carbonyl (C=O) groups is 2. The summed E-state index contributed by atoms with van der Waals surface area (Å²) in [6, 6.07) is 7.49. The van der Waals surface area contributed by atoms with Gasteiger partial charge in [-0.05, 0) is 55.3 Å². The van der Waals surface area contributed by atoms with Gasteiger partial charge in [-0.25, -0.2) is 9.18 Å². The SMILES string of the molecule is CCCNC(=O)N(CC(=O)N1CCc2sccc2[C@@H]1COc1cccc(F)c1)[C@@H](C)CC. The lowest BCUT2D eigenvalue weighted by molar-refractivity contribution is -0.135. The lowest BCUT2D eigenvalue weighted by Gasteiger charge is -2.38. The number of hydrogen-bond acceptors (Lipinski definition) is 4. The van der Waals surface area contributed by atoms with Crippen LogP contribution in [0, 0.1) is 5.82 Å². The number of fused-ring (bicyclic) bond motifs is 1. The van der Waals surface area contributed by atoms with Gasteiger partial charge < -0.3 is 19.9 Å². The molecule has 1 aliphatic rings. The lowest BCUT2D eigenvalue weighted by Crippen LogP contribution is -2.52. The molecule has 0 fully saturated rings. The van der Waals surface area contributed by atoms with Crippen molar-refractivity contribution in [3.63, 3.8) is 0 Å². The van der Waals surface area contributed by atoms with Crippen LogP contribution < -0.4 is 10.1 Å². The number of urea groups is 1. The van der Waals surface area contributed by atoms with Gasteiger partial charge in [-0.15, -0.1) is 11.3 Å². The molecule has 0 bridgehead atoms. The fraction of sp³-hybridized carbons (Fsp3) is 0.500. The van der Waals surface area contributed by atoms with Crippen LogP contribution >= 0.6 is 11.3 Å². The van der Waals surface area contributed by atoms with Crippen LogP contribution in [0.15, 0.2) is 35.7 Å². The molecule has 32 heavy (non-hydrogen) atoms. The van der Waals surface area contributed by atoms with Gasteiger partial charge in [0.25, 0.3) is 0 Å². The second-order valence-electron chi connectivity index (χ2n) is 8.04. The van der Waals surface area contributed by atoms with Crippen LogP contribution in [0.25, 0.3) is 0 Å². The first-order valence-electron chi connectivity index (χ1n) is 11.2. The van der Waals surface area contributed by atoms with E-state index in [0.29, 0.717) is 18.8 Å². The third kappa shape index (κ3) is 5.79. The maximum absolute atomic E-state index is 13.6. The van der Waals surface area contributed by atoms with E-state index in [-0.39, 0.29) is 43.0 Å². The second kappa shape index (κ2) is 11.3. The van der Waals surface area contributed by atoms with Gasteiger partial charge in [0.2, 0.25) is 5.91 Å². The molecular weight excluding hydrogens is 429 g/mol. The molecule has 2 heterocycles. The highest BCUT2D eigenvalue weighted by Crippen LogP contribution is 2.34. The monoisotopic (exact) mass is 461 g/mol. The number of carbonyl (C=O) groups excluding carboxylic acids is 2. The van der Waals surface area contributed by atoms with Crippen LogP contribution in [0.2, 0.25) is 0 Å². The van der Waals surface area contributed by atoms with E-state index in [9.17, 15) is 14.0 Å². The number of ether oxygens (including phenoxy) is 1. The van der Waals surface area contributed by atoms with Crippen molar-refractivity contribution >= 4 is 23.3 Å². The van der Waals surface area contributed by atoms with Crippen molar-refractivity contribution in [1.82, 2.24) is 15.1 Å². The number of rotatable bonds is 9. The van der Waals surface area contributed by atoms with Crippen LogP contribution in [0.1, 0.15) is 50.1 Å². The summed E-state index contributed by atoms with van der Waals surface area (Å²) >= 11 is 1.68. The minimum atomic E-state index is -0.363. The zero-order valence-corrected chi connectivity index (χ0v) is 19.8. The van der Waals surface area contributed by atoms with E-state index in [1.807, 2.05) is 32.2 Å². The van der Waals surface area contributed by atoms with Crippen LogP contribution in [-0.2, 0) is 11.2 Å². The molecule has 1 aromatic carbocycles. The van der Waals surface area contributed by atoms with Crippen LogP contribution in [0.3, 0.4) is 0 Å². The first-order chi connectivity index (χ1) is 15.4. The quantitative estimate of drug-likeness (QED) is 0.593. The van der Waals surface area contributed by atoms with Gasteiger partial charge >= 0.3 is 6.03 Å². The normalized spacial score (nSPS) is 16.2. The molecule has 2 atom stereocenters. The zero-order chi connectivity index (χ0) is 23.1. The van der Waals surface area contributed by atoms with Crippen molar-refractivity contribution in [2.24, 2.45) is 0 Å². The highest BCUT2D eigenvalue weighted by atomic mass is 32.1. The van der Waals surface area contributed by atoms with E-state index in [1.165, 1.54) is 17.0 Å². The highest BCUT2D eigenvalue weighted by molar-refractivity contribution is 7.10. The van der Waals surface area contributed by atoms with E-state index in [1.54, 1.807) is 33.3 Å². The molecule has 3 amide bonds. The molecule has 6 nitrogen and oxygen atoms in total. The molecule has 0 spiro atoms. The van der Waals surface area contributed by atoms with Gasteiger partial charge in [0.05, 0.1) is 6.04 Å². The summed E-state index contributed by atoms with van der Waals surface area (Å²) in [5, 5.41) is 4.91. The van der Waals surface area contributed by atoms with E-state index < -0.39 is 0 Å². The third-order valence-electron chi connectivity index (χ3n) is 5.83.